The molecule has 2 amide bonds. The molecule has 1 saturated heterocycles. The molecule has 1 fully saturated rings. The molecule has 0 saturated carbocycles. The van der Waals surface area contributed by atoms with Gasteiger partial charge >= 0.3 is 6.03 Å². The Balaban J connectivity index is 2.24. The largest absolute Gasteiger partial charge is 0.495 e. The van der Waals surface area contributed by atoms with E-state index in [0.29, 0.717) is 30.1 Å². The number of sulfonamides is 1. The summed E-state index contributed by atoms with van der Waals surface area (Å²) in [6.07, 6.45) is 1.41. The second kappa shape index (κ2) is 7.08. The van der Waals surface area contributed by atoms with Crippen molar-refractivity contribution in [2.45, 2.75) is 32.7 Å². The van der Waals surface area contributed by atoms with Gasteiger partial charge in [0.1, 0.15) is 5.75 Å². The monoisotopic (exact) mass is 341 g/mol. The van der Waals surface area contributed by atoms with Crippen LogP contribution in [0.4, 0.5) is 16.2 Å². The topological polar surface area (TPSA) is 87.7 Å². The van der Waals surface area contributed by atoms with E-state index in [1.807, 2.05) is 13.8 Å². The van der Waals surface area contributed by atoms with Crippen LogP contribution in [-0.2, 0) is 10.0 Å². The van der Waals surface area contributed by atoms with Gasteiger partial charge in [-0.15, -0.1) is 0 Å². The zero-order valence-electron chi connectivity index (χ0n) is 13.6. The van der Waals surface area contributed by atoms with Gasteiger partial charge in [0.2, 0.25) is 10.0 Å². The standard InChI is InChI=1S/C15H23N3O4S/c1-4-11(2)16-15(19)17-12-6-7-14(22-3)13(10-12)18-8-5-9-23(18,20)21/h6-7,10-11H,4-5,8-9H2,1-3H3,(H2,16,17,19). The summed E-state index contributed by atoms with van der Waals surface area (Å²) in [5.74, 6) is 0.589. The van der Waals surface area contributed by atoms with Gasteiger partial charge in [-0.05, 0) is 38.0 Å². The fourth-order valence-electron chi connectivity index (χ4n) is 2.37. The van der Waals surface area contributed by atoms with Crippen molar-refractivity contribution in [2.24, 2.45) is 0 Å². The summed E-state index contributed by atoms with van der Waals surface area (Å²) in [5, 5.41) is 5.52. The molecule has 1 aromatic rings. The van der Waals surface area contributed by atoms with Crippen molar-refractivity contribution in [3.63, 3.8) is 0 Å². The molecule has 0 bridgehead atoms. The first-order valence-electron chi connectivity index (χ1n) is 7.63. The second-order valence-corrected chi connectivity index (χ2v) is 7.55. The number of urea groups is 1. The van der Waals surface area contributed by atoms with E-state index in [2.05, 4.69) is 10.6 Å². The summed E-state index contributed by atoms with van der Waals surface area (Å²) < 4.78 is 30.8. The van der Waals surface area contributed by atoms with Crippen molar-refractivity contribution < 1.29 is 17.9 Å². The molecule has 128 valence electrons. The number of nitrogens with zero attached hydrogens (tertiary/aromatic N) is 1. The Kier molecular flexibility index (Phi) is 5.35. The van der Waals surface area contributed by atoms with Crippen molar-refractivity contribution in [3.05, 3.63) is 18.2 Å². The van der Waals surface area contributed by atoms with Crippen LogP contribution in [-0.4, -0.2) is 39.9 Å². The van der Waals surface area contributed by atoms with Crippen molar-refractivity contribution in [3.8, 4) is 5.75 Å². The van der Waals surface area contributed by atoms with Gasteiger partial charge in [-0.25, -0.2) is 13.2 Å². The van der Waals surface area contributed by atoms with Gasteiger partial charge in [-0.2, -0.15) is 0 Å². The van der Waals surface area contributed by atoms with E-state index in [-0.39, 0.29) is 17.8 Å². The summed E-state index contributed by atoms with van der Waals surface area (Å²) in [6.45, 7) is 4.31. The first-order valence-corrected chi connectivity index (χ1v) is 9.24. The van der Waals surface area contributed by atoms with Gasteiger partial charge in [0.05, 0.1) is 18.6 Å². The number of rotatable bonds is 5. The Bertz CT molecular complexity index is 675. The van der Waals surface area contributed by atoms with Crippen LogP contribution in [0.5, 0.6) is 5.75 Å². The van der Waals surface area contributed by atoms with Gasteiger partial charge in [0.25, 0.3) is 0 Å². The first-order chi connectivity index (χ1) is 10.9. The first kappa shape index (κ1) is 17.4. The summed E-state index contributed by atoms with van der Waals surface area (Å²) in [5.41, 5.74) is 0.968. The van der Waals surface area contributed by atoms with E-state index >= 15 is 0 Å². The number of carbonyl (C=O) groups is 1. The fourth-order valence-corrected chi connectivity index (χ4v) is 3.93. The normalized spacial score (nSPS) is 17.6. The third-order valence-corrected chi connectivity index (χ3v) is 5.65. The van der Waals surface area contributed by atoms with Crippen LogP contribution >= 0.6 is 0 Å². The minimum atomic E-state index is -3.32. The lowest BCUT2D eigenvalue weighted by Crippen LogP contribution is -2.35. The molecule has 1 atom stereocenters. The molecule has 1 heterocycles. The fraction of sp³-hybridized carbons (Fsp3) is 0.533. The second-order valence-electron chi connectivity index (χ2n) is 5.54. The summed E-state index contributed by atoms with van der Waals surface area (Å²) in [6, 6.07) is 4.70. The van der Waals surface area contributed by atoms with Gasteiger partial charge < -0.3 is 15.4 Å². The molecule has 1 aliphatic heterocycles. The van der Waals surface area contributed by atoms with Gasteiger partial charge in [-0.1, -0.05) is 6.92 Å². The lowest BCUT2D eigenvalue weighted by molar-refractivity contribution is 0.249. The summed E-state index contributed by atoms with van der Waals surface area (Å²) in [7, 11) is -1.83. The van der Waals surface area contributed by atoms with E-state index < -0.39 is 10.0 Å². The van der Waals surface area contributed by atoms with E-state index in [4.69, 9.17) is 4.74 Å². The number of anilines is 2. The maximum atomic E-state index is 12.1. The molecule has 2 rings (SSSR count). The Labute approximate surface area is 137 Å². The van der Waals surface area contributed by atoms with E-state index in [1.165, 1.54) is 11.4 Å². The molecular formula is C15H23N3O4S. The molecule has 1 aliphatic rings. The Morgan fingerprint density at radius 2 is 2.17 bits per heavy atom. The van der Waals surface area contributed by atoms with E-state index in [1.54, 1.807) is 18.2 Å². The molecule has 0 spiro atoms. The summed E-state index contributed by atoms with van der Waals surface area (Å²) in [4.78, 5) is 11.9. The number of methoxy groups -OCH3 is 1. The Morgan fingerprint density at radius 1 is 1.43 bits per heavy atom. The van der Waals surface area contributed by atoms with Crippen molar-refractivity contribution >= 4 is 27.4 Å². The molecule has 1 unspecified atom stereocenters. The number of carbonyl (C=O) groups excluding carboxylic acids is 1. The number of nitrogens with one attached hydrogen (secondary N) is 2. The van der Waals surface area contributed by atoms with Gasteiger partial charge in [0, 0.05) is 18.3 Å². The molecule has 7 nitrogen and oxygen atoms in total. The predicted molar refractivity (Wildman–Crippen MR) is 90.7 cm³/mol. The highest BCUT2D eigenvalue weighted by Crippen LogP contribution is 2.35. The van der Waals surface area contributed by atoms with Gasteiger partial charge in [0.15, 0.2) is 0 Å². The number of hydrogen-bond donors (Lipinski definition) is 2. The smallest absolute Gasteiger partial charge is 0.319 e. The number of benzene rings is 1. The van der Waals surface area contributed by atoms with Crippen LogP contribution in [0.25, 0.3) is 0 Å². The lowest BCUT2D eigenvalue weighted by atomic mass is 10.2. The van der Waals surface area contributed by atoms with Crippen LogP contribution in [0.3, 0.4) is 0 Å². The molecule has 0 radical (unpaired) electrons. The highest BCUT2D eigenvalue weighted by Gasteiger charge is 2.30. The zero-order chi connectivity index (χ0) is 17.0. The van der Waals surface area contributed by atoms with E-state index in [9.17, 15) is 13.2 Å². The average Bonchev–Trinajstić information content (AvgIpc) is 2.86. The SMILES string of the molecule is CCC(C)NC(=O)Nc1ccc(OC)c(N2CCCS2(=O)=O)c1. The molecule has 1 aromatic carbocycles. The zero-order valence-corrected chi connectivity index (χ0v) is 14.4. The number of hydrogen-bond acceptors (Lipinski definition) is 4. The molecule has 8 heteroatoms. The number of amides is 2. The summed E-state index contributed by atoms with van der Waals surface area (Å²) >= 11 is 0. The maximum Gasteiger partial charge on any atom is 0.319 e. The van der Waals surface area contributed by atoms with Crippen molar-refractivity contribution in [2.75, 3.05) is 29.0 Å². The van der Waals surface area contributed by atoms with Crippen molar-refractivity contribution in [1.29, 1.82) is 0 Å². The molecule has 0 aliphatic carbocycles. The predicted octanol–water partition coefficient (Wildman–Crippen LogP) is 2.16. The van der Waals surface area contributed by atoms with Gasteiger partial charge in [-0.3, -0.25) is 4.31 Å². The minimum Gasteiger partial charge on any atom is -0.495 e. The molecule has 23 heavy (non-hydrogen) atoms. The highest BCUT2D eigenvalue weighted by molar-refractivity contribution is 7.93. The quantitative estimate of drug-likeness (QED) is 0.859. The number of ether oxygens (including phenoxy) is 1. The minimum absolute atomic E-state index is 0.0617. The van der Waals surface area contributed by atoms with Crippen LogP contribution < -0.4 is 19.7 Å². The van der Waals surface area contributed by atoms with Crippen LogP contribution in [0.2, 0.25) is 0 Å². The third kappa shape index (κ3) is 4.07. The lowest BCUT2D eigenvalue weighted by Gasteiger charge is -2.21. The maximum absolute atomic E-state index is 12.1. The molecule has 0 aromatic heterocycles. The van der Waals surface area contributed by atoms with Crippen molar-refractivity contribution in [1.82, 2.24) is 5.32 Å². The molecule has 2 N–H and O–H groups in total. The Hall–Kier alpha value is -1.96. The molecular weight excluding hydrogens is 318 g/mol. The average molecular weight is 341 g/mol. The van der Waals surface area contributed by atoms with Crippen LogP contribution in [0.1, 0.15) is 26.7 Å². The highest BCUT2D eigenvalue weighted by atomic mass is 32.2. The third-order valence-electron chi connectivity index (χ3n) is 3.79. The Morgan fingerprint density at radius 3 is 2.74 bits per heavy atom. The van der Waals surface area contributed by atoms with E-state index in [0.717, 1.165) is 6.42 Å². The van der Waals surface area contributed by atoms with Crippen LogP contribution in [0, 0.1) is 0 Å². The van der Waals surface area contributed by atoms with Crippen LogP contribution in [0.15, 0.2) is 18.2 Å².